The van der Waals surface area contributed by atoms with E-state index in [1.807, 2.05) is 17.6 Å². The molecule has 0 radical (unpaired) electrons. The second kappa shape index (κ2) is 2.20. The van der Waals surface area contributed by atoms with Crippen molar-refractivity contribution in [3.8, 4) is 0 Å². The lowest BCUT2D eigenvalue weighted by Crippen LogP contribution is -2.08. The van der Waals surface area contributed by atoms with Crippen LogP contribution in [0.3, 0.4) is 0 Å². The Morgan fingerprint density at radius 1 is 1.70 bits per heavy atom. The summed E-state index contributed by atoms with van der Waals surface area (Å²) in [5.41, 5.74) is 1.32. The van der Waals surface area contributed by atoms with Crippen LogP contribution in [-0.4, -0.2) is 12.3 Å². The third kappa shape index (κ3) is 0.886. The first-order valence-corrected chi connectivity index (χ1v) is 4.34. The highest BCUT2D eigenvalue weighted by atomic mass is 32.1. The van der Waals surface area contributed by atoms with Gasteiger partial charge in [-0.3, -0.25) is 4.99 Å². The number of nitrogens with zero attached hydrogens (tertiary/aromatic N) is 1. The molecule has 0 fully saturated rings. The first kappa shape index (κ1) is 6.10. The first-order valence-electron chi connectivity index (χ1n) is 3.46. The molecule has 0 saturated heterocycles. The zero-order valence-corrected chi connectivity index (χ0v) is 6.69. The van der Waals surface area contributed by atoms with E-state index in [-0.39, 0.29) is 0 Å². The molecule has 0 saturated carbocycles. The predicted molar refractivity (Wildman–Crippen MR) is 45.1 cm³/mol. The number of thiophene rings is 1. The van der Waals surface area contributed by atoms with Gasteiger partial charge in [0.2, 0.25) is 0 Å². The second-order valence-corrected chi connectivity index (χ2v) is 3.63. The number of hydrogen-bond donors (Lipinski definition) is 0. The highest BCUT2D eigenvalue weighted by molar-refractivity contribution is 7.10. The highest BCUT2D eigenvalue weighted by Crippen LogP contribution is 2.21. The van der Waals surface area contributed by atoms with E-state index in [0.717, 1.165) is 6.42 Å². The molecule has 0 aromatic carbocycles. The van der Waals surface area contributed by atoms with Gasteiger partial charge >= 0.3 is 0 Å². The van der Waals surface area contributed by atoms with Crippen LogP contribution in [0.25, 0.3) is 0 Å². The highest BCUT2D eigenvalue weighted by Gasteiger charge is 2.10. The average molecular weight is 151 g/mol. The molecule has 1 aromatic heterocycles. The zero-order chi connectivity index (χ0) is 6.97. The van der Waals surface area contributed by atoms with Gasteiger partial charge in [-0.15, -0.1) is 11.3 Å². The van der Waals surface area contributed by atoms with Crippen molar-refractivity contribution >= 4 is 17.6 Å². The van der Waals surface area contributed by atoms with Crippen molar-refractivity contribution in [1.29, 1.82) is 0 Å². The van der Waals surface area contributed by atoms with Crippen LogP contribution in [0.5, 0.6) is 0 Å². The van der Waals surface area contributed by atoms with Crippen molar-refractivity contribution in [1.82, 2.24) is 0 Å². The maximum absolute atomic E-state index is 4.33. The molecular weight excluding hydrogens is 142 g/mol. The molecule has 0 amide bonds. The van der Waals surface area contributed by atoms with E-state index < -0.39 is 0 Å². The van der Waals surface area contributed by atoms with Crippen LogP contribution < -0.4 is 0 Å². The van der Waals surface area contributed by atoms with E-state index in [2.05, 4.69) is 23.4 Å². The van der Waals surface area contributed by atoms with Gasteiger partial charge in [0, 0.05) is 23.1 Å². The summed E-state index contributed by atoms with van der Waals surface area (Å²) >= 11 is 1.84. The summed E-state index contributed by atoms with van der Waals surface area (Å²) in [5.74, 6) is 0. The summed E-state index contributed by atoms with van der Waals surface area (Å²) < 4.78 is 0. The van der Waals surface area contributed by atoms with Crippen molar-refractivity contribution in [3.63, 3.8) is 0 Å². The molecule has 1 aliphatic rings. The third-order valence-corrected chi connectivity index (χ3v) is 2.69. The van der Waals surface area contributed by atoms with Crippen molar-refractivity contribution < 1.29 is 0 Å². The maximum Gasteiger partial charge on any atom is 0.0520 e. The summed E-state index contributed by atoms with van der Waals surface area (Å²) in [4.78, 5) is 5.81. The van der Waals surface area contributed by atoms with E-state index in [1.165, 1.54) is 10.4 Å². The SMILES string of the molecule is C[C@@H]1Cc2sccc2C=N1. The fraction of sp³-hybridized carbons (Fsp3) is 0.375. The molecular formula is C8H9NS. The molecule has 2 rings (SSSR count). The van der Waals surface area contributed by atoms with E-state index in [0.29, 0.717) is 6.04 Å². The van der Waals surface area contributed by atoms with Crippen LogP contribution in [0, 0.1) is 0 Å². The molecule has 2 heteroatoms. The molecule has 1 aromatic rings. The molecule has 0 N–H and O–H groups in total. The normalized spacial score (nSPS) is 22.7. The lowest BCUT2D eigenvalue weighted by atomic mass is 10.1. The van der Waals surface area contributed by atoms with Crippen LogP contribution in [0.15, 0.2) is 16.4 Å². The van der Waals surface area contributed by atoms with Gasteiger partial charge in [-0.25, -0.2) is 0 Å². The van der Waals surface area contributed by atoms with Crippen molar-refractivity contribution in [2.75, 3.05) is 0 Å². The lowest BCUT2D eigenvalue weighted by Gasteiger charge is -2.09. The molecule has 0 spiro atoms. The summed E-state index contributed by atoms with van der Waals surface area (Å²) in [5, 5.41) is 2.13. The van der Waals surface area contributed by atoms with Crippen molar-refractivity contribution in [3.05, 3.63) is 21.9 Å². The molecule has 1 atom stereocenters. The number of fused-ring (bicyclic) bond motifs is 1. The smallest absolute Gasteiger partial charge is 0.0520 e. The Balaban J connectivity index is 2.43. The quantitative estimate of drug-likeness (QED) is 0.538. The Morgan fingerprint density at radius 2 is 2.60 bits per heavy atom. The minimum Gasteiger partial charge on any atom is -0.289 e. The summed E-state index contributed by atoms with van der Waals surface area (Å²) in [6.07, 6.45) is 3.11. The van der Waals surface area contributed by atoms with Gasteiger partial charge in [-0.1, -0.05) is 0 Å². The molecule has 2 heterocycles. The molecule has 1 nitrogen and oxygen atoms in total. The van der Waals surface area contributed by atoms with Crippen LogP contribution in [-0.2, 0) is 6.42 Å². The third-order valence-electron chi connectivity index (χ3n) is 1.73. The molecule has 0 bridgehead atoms. The minimum atomic E-state index is 0.492. The fourth-order valence-electron chi connectivity index (χ4n) is 1.16. The molecule has 10 heavy (non-hydrogen) atoms. The van der Waals surface area contributed by atoms with E-state index in [1.54, 1.807) is 0 Å². The van der Waals surface area contributed by atoms with Gasteiger partial charge in [0.25, 0.3) is 0 Å². The zero-order valence-electron chi connectivity index (χ0n) is 5.87. The monoisotopic (exact) mass is 151 g/mol. The van der Waals surface area contributed by atoms with E-state index in [9.17, 15) is 0 Å². The summed E-state index contributed by atoms with van der Waals surface area (Å²) in [6.45, 7) is 2.15. The van der Waals surface area contributed by atoms with Gasteiger partial charge in [-0.2, -0.15) is 0 Å². The Kier molecular flexibility index (Phi) is 1.34. The van der Waals surface area contributed by atoms with Gasteiger partial charge in [0.05, 0.1) is 6.04 Å². The average Bonchev–Trinajstić information content (AvgIpc) is 2.33. The Labute approximate surface area is 64.4 Å². The standard InChI is InChI=1S/C8H9NS/c1-6-4-8-7(5-9-6)2-3-10-8/h2-3,5-6H,4H2,1H3/t6-/m1/s1. The Bertz CT molecular complexity index is 262. The largest absolute Gasteiger partial charge is 0.289 e. The number of rotatable bonds is 0. The van der Waals surface area contributed by atoms with Crippen molar-refractivity contribution in [2.45, 2.75) is 19.4 Å². The summed E-state index contributed by atoms with van der Waals surface area (Å²) in [6, 6.07) is 2.63. The van der Waals surface area contributed by atoms with Crippen LogP contribution in [0.4, 0.5) is 0 Å². The van der Waals surface area contributed by atoms with Gasteiger partial charge in [0.1, 0.15) is 0 Å². The molecule has 52 valence electrons. The first-order chi connectivity index (χ1) is 4.86. The van der Waals surface area contributed by atoms with Gasteiger partial charge < -0.3 is 0 Å². The number of hydrogen-bond acceptors (Lipinski definition) is 2. The Morgan fingerprint density at radius 3 is 3.50 bits per heavy atom. The minimum absolute atomic E-state index is 0.492. The topological polar surface area (TPSA) is 12.4 Å². The fourth-order valence-corrected chi connectivity index (χ4v) is 2.13. The van der Waals surface area contributed by atoms with Crippen LogP contribution in [0.2, 0.25) is 0 Å². The van der Waals surface area contributed by atoms with Crippen molar-refractivity contribution in [2.24, 2.45) is 4.99 Å². The summed E-state index contributed by atoms with van der Waals surface area (Å²) in [7, 11) is 0. The Hall–Kier alpha value is -0.630. The lowest BCUT2D eigenvalue weighted by molar-refractivity contribution is 0.742. The van der Waals surface area contributed by atoms with Gasteiger partial charge in [-0.05, 0) is 18.4 Å². The van der Waals surface area contributed by atoms with Crippen LogP contribution >= 0.6 is 11.3 Å². The van der Waals surface area contributed by atoms with Gasteiger partial charge in [0.15, 0.2) is 0 Å². The van der Waals surface area contributed by atoms with E-state index >= 15 is 0 Å². The number of aliphatic imine (C=N–C) groups is 1. The predicted octanol–water partition coefficient (Wildman–Crippen LogP) is 2.11. The molecule has 0 aliphatic carbocycles. The molecule has 0 unspecified atom stereocenters. The van der Waals surface area contributed by atoms with Crippen LogP contribution in [0.1, 0.15) is 17.4 Å². The molecule has 1 aliphatic heterocycles. The second-order valence-electron chi connectivity index (χ2n) is 2.63. The van der Waals surface area contributed by atoms with E-state index in [4.69, 9.17) is 0 Å². The maximum atomic E-state index is 4.33.